The smallest absolute Gasteiger partial charge is 0.240 e. The van der Waals surface area contributed by atoms with Crippen molar-refractivity contribution in [3.63, 3.8) is 0 Å². The van der Waals surface area contributed by atoms with Gasteiger partial charge in [-0.05, 0) is 54.6 Å². The summed E-state index contributed by atoms with van der Waals surface area (Å²) in [6.45, 7) is 8.25. The van der Waals surface area contributed by atoms with E-state index in [9.17, 15) is 25.4 Å². The first-order valence-electron chi connectivity index (χ1n) is 15.5. The van der Waals surface area contributed by atoms with E-state index in [0.717, 1.165) is 6.42 Å². The minimum atomic E-state index is -1.28. The van der Waals surface area contributed by atoms with E-state index in [2.05, 4.69) is 26.1 Å². The molecule has 1 amide bonds. The Hall–Kier alpha value is -2.77. The number of ether oxygens (including phenoxy) is 1. The summed E-state index contributed by atoms with van der Waals surface area (Å²) in [5.41, 5.74) is 3.01. The Morgan fingerprint density at radius 1 is 1.25 bits per heavy atom. The maximum atomic E-state index is 14.0. The lowest BCUT2D eigenvalue weighted by atomic mass is 9.45. The van der Waals surface area contributed by atoms with E-state index in [1.165, 1.54) is 6.42 Å². The quantitative estimate of drug-likeness (QED) is 0.298. The fourth-order valence-corrected chi connectivity index (χ4v) is 7.97. The number of aliphatic hydroxyl groups excluding tert-OH is 2. The minimum absolute atomic E-state index is 0.0312. The van der Waals surface area contributed by atoms with Gasteiger partial charge in [0.25, 0.3) is 0 Å². The molecular formula is C33H47N4O7-. The highest BCUT2D eigenvalue weighted by Crippen LogP contribution is 2.61. The number of carbonyl (C=O) groups is 1. The lowest BCUT2D eigenvalue weighted by molar-refractivity contribution is -0.715. The molecule has 44 heavy (non-hydrogen) atoms. The van der Waals surface area contributed by atoms with Gasteiger partial charge in [0.15, 0.2) is 0 Å². The molecule has 3 saturated carbocycles. The van der Waals surface area contributed by atoms with E-state index in [-0.39, 0.29) is 36.2 Å². The van der Waals surface area contributed by atoms with Crippen LogP contribution in [0.1, 0.15) is 46.1 Å². The number of aliphatic hydroxyl groups is 2. The zero-order valence-corrected chi connectivity index (χ0v) is 26.7. The van der Waals surface area contributed by atoms with Crippen molar-refractivity contribution in [2.24, 2.45) is 29.1 Å². The average Bonchev–Trinajstić information content (AvgIpc) is 3.36. The van der Waals surface area contributed by atoms with Gasteiger partial charge in [-0.3, -0.25) is 9.63 Å². The second-order valence-electron chi connectivity index (χ2n) is 13.7. The molecule has 8 atom stereocenters. The van der Waals surface area contributed by atoms with Gasteiger partial charge in [0.2, 0.25) is 5.91 Å². The van der Waals surface area contributed by atoms with Gasteiger partial charge in [-0.15, -0.1) is 0 Å². The Labute approximate surface area is 259 Å². The summed E-state index contributed by atoms with van der Waals surface area (Å²) in [7, 11) is 5.20. The van der Waals surface area contributed by atoms with Crippen LogP contribution in [-0.2, 0) is 16.2 Å². The van der Waals surface area contributed by atoms with Gasteiger partial charge in [0, 0.05) is 55.0 Å². The molecule has 0 radical (unpaired) electrons. The molecule has 4 fully saturated rings. The maximum Gasteiger partial charge on any atom is 0.240 e. The molecule has 2 bridgehead atoms. The van der Waals surface area contributed by atoms with Crippen LogP contribution in [0.25, 0.3) is 11.1 Å². The van der Waals surface area contributed by atoms with Crippen molar-refractivity contribution in [1.82, 2.24) is 10.4 Å². The Balaban J connectivity index is 1.46. The van der Waals surface area contributed by atoms with Crippen LogP contribution in [0, 0.1) is 39.5 Å². The first kappa shape index (κ1) is 32.6. The summed E-state index contributed by atoms with van der Waals surface area (Å²) in [6.07, 6.45) is 0.440. The van der Waals surface area contributed by atoms with Gasteiger partial charge in [0.05, 0.1) is 26.4 Å². The molecule has 4 aliphatic rings. The monoisotopic (exact) mass is 611 g/mol. The van der Waals surface area contributed by atoms with E-state index in [1.807, 2.05) is 43.3 Å². The number of amides is 1. The molecule has 0 aromatic heterocycles. The number of hydrogen-bond donors (Lipinski definition) is 4. The molecule has 4 N–H and O–H groups in total. The van der Waals surface area contributed by atoms with E-state index in [0.29, 0.717) is 45.9 Å². The van der Waals surface area contributed by atoms with Gasteiger partial charge < -0.3 is 40.8 Å². The molecular weight excluding hydrogens is 564 g/mol. The minimum Gasteiger partial charge on any atom is -0.628 e. The van der Waals surface area contributed by atoms with Crippen LogP contribution in [0.2, 0.25) is 0 Å². The number of hydroxylamine groups is 2. The first-order valence-corrected chi connectivity index (χ1v) is 15.5. The first-order chi connectivity index (χ1) is 20.8. The van der Waals surface area contributed by atoms with Crippen molar-refractivity contribution in [2.45, 2.75) is 71.4 Å². The maximum absolute atomic E-state index is 14.0. The fourth-order valence-electron chi connectivity index (χ4n) is 7.97. The normalized spacial score (nSPS) is 30.1. The predicted molar refractivity (Wildman–Crippen MR) is 168 cm³/mol. The highest BCUT2D eigenvalue weighted by Gasteiger charge is 2.57. The van der Waals surface area contributed by atoms with Crippen molar-refractivity contribution in [2.75, 3.05) is 32.7 Å². The molecule has 2 aromatic rings. The van der Waals surface area contributed by atoms with Gasteiger partial charge in [-0.25, -0.2) is 0 Å². The number of rotatable bonds is 10. The molecule has 1 aliphatic heterocycles. The van der Waals surface area contributed by atoms with Crippen LogP contribution in [0.15, 0.2) is 36.4 Å². The summed E-state index contributed by atoms with van der Waals surface area (Å²) in [6, 6.07) is 9.71. The molecule has 11 nitrogen and oxygen atoms in total. The third kappa shape index (κ3) is 5.82. The van der Waals surface area contributed by atoms with Crippen molar-refractivity contribution in [3.8, 4) is 16.9 Å². The summed E-state index contributed by atoms with van der Waals surface area (Å²) < 4.78 is 5.88. The van der Waals surface area contributed by atoms with Crippen LogP contribution in [0.4, 0.5) is 11.4 Å². The Morgan fingerprint density at radius 2 is 1.98 bits per heavy atom. The van der Waals surface area contributed by atoms with Gasteiger partial charge in [-0.2, -0.15) is 5.06 Å². The number of methoxy groups -OCH3 is 1. The SMILES string of the molecule is COc1c(CN2O[C@@H](CO)[C@H]([C@H](C)O)[C@H]2C(=O)N[C@H]2C[C@H]3C[C@@H]([C@@H]2C)C3(C)C)cccc1-c1cc(N(C)C)cc([NH+]([O-])[O-])c1. The number of nitrogens with zero attached hydrogens (tertiary/aromatic N) is 2. The molecule has 0 unspecified atom stereocenters. The number of benzene rings is 2. The predicted octanol–water partition coefficient (Wildman–Crippen LogP) is 2.60. The standard InChI is InChI=1S/C33H47N4O7/c1-18-26-13-22(33(26,3)4)14-27(18)34-32(40)30-29(19(2)39)28(17-38)44-36(30)16-20-9-8-10-25(31(20)43-7)21-11-23(35(5)6)15-24(12-21)37(41)42/h8-12,15,18-19,22,26-30,37-39H,13-14,16-17H2,1-7H3,(H,34,40)/q-1/t18-,19-,22+,26-,27-,28-,29-,30-/m0/s1. The van der Waals surface area contributed by atoms with Crippen LogP contribution < -0.4 is 20.2 Å². The number of hydrogen-bond acceptors (Lipinski definition) is 9. The number of quaternary nitrogens is 1. The summed E-state index contributed by atoms with van der Waals surface area (Å²) in [5, 5.41) is 48.2. The van der Waals surface area contributed by atoms with E-state index in [4.69, 9.17) is 9.57 Å². The second-order valence-corrected chi connectivity index (χ2v) is 13.7. The summed E-state index contributed by atoms with van der Waals surface area (Å²) >= 11 is 0. The summed E-state index contributed by atoms with van der Waals surface area (Å²) in [4.78, 5) is 22.0. The molecule has 6 rings (SSSR count). The van der Waals surface area contributed by atoms with Crippen LogP contribution >= 0.6 is 0 Å². The highest BCUT2D eigenvalue weighted by molar-refractivity contribution is 5.83. The molecule has 0 spiro atoms. The molecule has 1 saturated heterocycles. The van der Waals surface area contributed by atoms with Crippen molar-refractivity contribution >= 4 is 17.3 Å². The molecule has 2 aromatic carbocycles. The van der Waals surface area contributed by atoms with Gasteiger partial charge in [0.1, 0.15) is 23.6 Å². The lowest BCUT2D eigenvalue weighted by Crippen LogP contribution is -2.96. The third-order valence-electron chi connectivity index (χ3n) is 10.7. The van der Waals surface area contributed by atoms with E-state index in [1.54, 1.807) is 31.2 Å². The number of anilines is 1. The number of fused-ring (bicyclic) bond motifs is 2. The largest absolute Gasteiger partial charge is 0.628 e. The topological polar surface area (TPSA) is 145 Å². The zero-order chi connectivity index (χ0) is 32.1. The third-order valence-corrected chi connectivity index (χ3v) is 10.7. The van der Waals surface area contributed by atoms with Crippen molar-refractivity contribution < 1.29 is 29.8 Å². The Kier molecular flexibility index (Phi) is 9.31. The molecule has 11 heteroatoms. The van der Waals surface area contributed by atoms with Crippen LogP contribution in [-0.4, -0.2) is 73.3 Å². The summed E-state index contributed by atoms with van der Waals surface area (Å²) in [5.74, 6) is 1.07. The van der Waals surface area contributed by atoms with Gasteiger partial charge >= 0.3 is 0 Å². The Morgan fingerprint density at radius 3 is 2.55 bits per heavy atom. The number of nitrogens with one attached hydrogen (secondary N) is 2. The van der Waals surface area contributed by atoms with Crippen molar-refractivity contribution in [1.29, 1.82) is 0 Å². The number of carbonyl (C=O) groups excluding carboxylic acids is 1. The van der Waals surface area contributed by atoms with Crippen molar-refractivity contribution in [3.05, 3.63) is 52.4 Å². The lowest BCUT2D eigenvalue weighted by Gasteiger charge is -2.62. The van der Waals surface area contributed by atoms with Gasteiger partial charge in [-0.1, -0.05) is 39.0 Å². The van der Waals surface area contributed by atoms with E-state index < -0.39 is 29.4 Å². The molecule has 242 valence electrons. The fraction of sp³-hybridized carbons (Fsp3) is 0.606. The van der Waals surface area contributed by atoms with Crippen LogP contribution in [0.5, 0.6) is 5.75 Å². The average molecular weight is 612 g/mol. The molecule has 1 heterocycles. The number of para-hydroxylation sites is 1. The van der Waals surface area contributed by atoms with E-state index >= 15 is 0 Å². The zero-order valence-electron chi connectivity index (χ0n) is 26.7. The Bertz CT molecular complexity index is 1320. The highest BCUT2D eigenvalue weighted by atomic mass is 16.8. The molecule has 3 aliphatic carbocycles. The van der Waals surface area contributed by atoms with Crippen LogP contribution in [0.3, 0.4) is 0 Å². The second kappa shape index (κ2) is 12.6.